The van der Waals surface area contributed by atoms with E-state index >= 15 is 0 Å². The summed E-state index contributed by atoms with van der Waals surface area (Å²) in [6, 6.07) is 0. The third kappa shape index (κ3) is 31.4. The number of carbonyl (C=O) groups excluding carboxylic acids is 2. The molecule has 0 heterocycles. The predicted octanol–water partition coefficient (Wildman–Crippen LogP) is 10.4. The van der Waals surface area contributed by atoms with Gasteiger partial charge < -0.3 is 14.6 Å². The minimum absolute atomic E-state index is 0.0415. The molecule has 5 heteroatoms. The van der Waals surface area contributed by atoms with E-state index in [0.717, 1.165) is 89.9 Å². The summed E-state index contributed by atoms with van der Waals surface area (Å²) in [6.07, 6.45) is 30.5. The zero-order valence-corrected chi connectivity index (χ0v) is 26.9. The van der Waals surface area contributed by atoms with E-state index < -0.39 is 0 Å². The molecule has 0 radical (unpaired) electrons. The quantitative estimate of drug-likeness (QED) is 0.0645. The number of ether oxygens (including phenoxy) is 2. The normalized spacial score (nSPS) is 11.3. The molecule has 0 bridgehead atoms. The lowest BCUT2D eigenvalue weighted by molar-refractivity contribution is -0.144. The van der Waals surface area contributed by atoms with Crippen LogP contribution in [0.15, 0.2) is 0 Å². The Labute approximate surface area is 248 Å². The SMILES string of the molecule is CCCCCCCCCOC(=O)CCCCCCCC(O)CCCCCCCC(=O)OCCCCCCCCC. The van der Waals surface area contributed by atoms with Crippen molar-refractivity contribution >= 4 is 11.9 Å². The molecule has 0 unspecified atom stereocenters. The van der Waals surface area contributed by atoms with Crippen molar-refractivity contribution in [2.45, 2.75) is 200 Å². The van der Waals surface area contributed by atoms with Crippen molar-refractivity contribution in [3.05, 3.63) is 0 Å². The van der Waals surface area contributed by atoms with Crippen LogP contribution in [-0.2, 0) is 19.1 Å². The molecule has 0 aliphatic carbocycles. The largest absolute Gasteiger partial charge is 0.466 e. The van der Waals surface area contributed by atoms with Crippen molar-refractivity contribution in [2.24, 2.45) is 0 Å². The molecule has 0 aromatic carbocycles. The number of rotatable bonds is 32. The molecular formula is C35H68O5. The molecule has 0 atom stereocenters. The van der Waals surface area contributed by atoms with E-state index in [1.165, 1.54) is 77.0 Å². The zero-order chi connectivity index (χ0) is 29.4. The molecule has 1 N–H and O–H groups in total. The molecule has 5 nitrogen and oxygen atoms in total. The van der Waals surface area contributed by atoms with E-state index in [2.05, 4.69) is 13.8 Å². The van der Waals surface area contributed by atoms with Crippen LogP contribution in [0.1, 0.15) is 194 Å². The van der Waals surface area contributed by atoms with Crippen LogP contribution in [0.4, 0.5) is 0 Å². The van der Waals surface area contributed by atoms with Crippen LogP contribution in [0, 0.1) is 0 Å². The maximum atomic E-state index is 11.8. The molecule has 0 fully saturated rings. The van der Waals surface area contributed by atoms with Crippen LogP contribution in [0.3, 0.4) is 0 Å². The van der Waals surface area contributed by atoms with E-state index in [4.69, 9.17) is 9.47 Å². The Bertz CT molecular complexity index is 490. The Morgan fingerprint density at radius 3 is 1.12 bits per heavy atom. The Balaban J connectivity index is 3.33. The lowest BCUT2D eigenvalue weighted by Gasteiger charge is -2.10. The summed E-state index contributed by atoms with van der Waals surface area (Å²) in [6.45, 7) is 5.63. The molecule has 40 heavy (non-hydrogen) atoms. The predicted molar refractivity (Wildman–Crippen MR) is 169 cm³/mol. The Morgan fingerprint density at radius 2 is 0.750 bits per heavy atom. The summed E-state index contributed by atoms with van der Waals surface area (Å²) in [4.78, 5) is 23.6. The third-order valence-corrected chi connectivity index (χ3v) is 7.86. The molecule has 238 valence electrons. The minimum Gasteiger partial charge on any atom is -0.466 e. The fourth-order valence-corrected chi connectivity index (χ4v) is 5.14. The molecule has 0 spiro atoms. The number of carbonyl (C=O) groups is 2. The Kier molecular flexibility index (Phi) is 31.5. The van der Waals surface area contributed by atoms with Crippen LogP contribution < -0.4 is 0 Å². The second-order valence-electron chi connectivity index (χ2n) is 12.0. The Morgan fingerprint density at radius 1 is 0.450 bits per heavy atom. The van der Waals surface area contributed by atoms with Gasteiger partial charge in [0.2, 0.25) is 0 Å². The zero-order valence-electron chi connectivity index (χ0n) is 26.9. The van der Waals surface area contributed by atoms with E-state index in [9.17, 15) is 14.7 Å². The lowest BCUT2D eigenvalue weighted by atomic mass is 10.0. The van der Waals surface area contributed by atoms with Gasteiger partial charge in [-0.3, -0.25) is 9.59 Å². The molecule has 0 rings (SSSR count). The van der Waals surface area contributed by atoms with Gasteiger partial charge in [-0.15, -0.1) is 0 Å². The first-order chi connectivity index (χ1) is 19.6. The average Bonchev–Trinajstić information content (AvgIpc) is 2.94. The number of aliphatic hydroxyl groups excluding tert-OH is 1. The van der Waals surface area contributed by atoms with Crippen molar-refractivity contribution in [1.82, 2.24) is 0 Å². The summed E-state index contributed by atoms with van der Waals surface area (Å²) in [7, 11) is 0. The second kappa shape index (κ2) is 32.4. The molecule has 0 saturated carbocycles. The van der Waals surface area contributed by atoms with E-state index in [-0.39, 0.29) is 18.0 Å². The van der Waals surface area contributed by atoms with Crippen molar-refractivity contribution in [1.29, 1.82) is 0 Å². The first kappa shape index (κ1) is 38.9. The first-order valence-corrected chi connectivity index (χ1v) is 17.6. The molecular weight excluding hydrogens is 500 g/mol. The fourth-order valence-electron chi connectivity index (χ4n) is 5.14. The number of esters is 2. The standard InChI is InChI=1S/C35H68O5/c1-3-5-7-9-11-19-25-31-39-34(37)29-23-17-13-15-21-27-33(36)28-22-16-14-18-24-30-35(38)40-32-26-20-12-10-8-6-4-2/h33,36H,3-32H2,1-2H3. The topological polar surface area (TPSA) is 72.8 Å². The number of hydrogen-bond acceptors (Lipinski definition) is 5. The van der Waals surface area contributed by atoms with Crippen LogP contribution >= 0.6 is 0 Å². The van der Waals surface area contributed by atoms with Gasteiger partial charge in [-0.25, -0.2) is 0 Å². The van der Waals surface area contributed by atoms with Gasteiger partial charge in [0.25, 0.3) is 0 Å². The molecule has 0 saturated heterocycles. The molecule has 0 aromatic heterocycles. The summed E-state index contributed by atoms with van der Waals surface area (Å²) in [5.41, 5.74) is 0. The van der Waals surface area contributed by atoms with Crippen molar-refractivity contribution in [2.75, 3.05) is 13.2 Å². The van der Waals surface area contributed by atoms with Crippen molar-refractivity contribution in [3.63, 3.8) is 0 Å². The van der Waals surface area contributed by atoms with E-state index in [1.807, 2.05) is 0 Å². The fraction of sp³-hybridized carbons (Fsp3) is 0.943. The van der Waals surface area contributed by atoms with Gasteiger partial charge in [-0.2, -0.15) is 0 Å². The third-order valence-electron chi connectivity index (χ3n) is 7.86. The maximum absolute atomic E-state index is 11.8. The van der Waals surface area contributed by atoms with Gasteiger partial charge in [0.15, 0.2) is 0 Å². The minimum atomic E-state index is -0.191. The average molecular weight is 569 g/mol. The number of aliphatic hydroxyl groups is 1. The highest BCUT2D eigenvalue weighted by Crippen LogP contribution is 2.15. The summed E-state index contributed by atoms with van der Waals surface area (Å²) >= 11 is 0. The monoisotopic (exact) mass is 569 g/mol. The van der Waals surface area contributed by atoms with Crippen LogP contribution in [0.5, 0.6) is 0 Å². The smallest absolute Gasteiger partial charge is 0.305 e. The van der Waals surface area contributed by atoms with Crippen molar-refractivity contribution < 1.29 is 24.2 Å². The molecule has 0 aromatic rings. The highest BCUT2D eigenvalue weighted by atomic mass is 16.5. The van der Waals surface area contributed by atoms with E-state index in [1.54, 1.807) is 0 Å². The van der Waals surface area contributed by atoms with Gasteiger partial charge in [0, 0.05) is 12.8 Å². The highest BCUT2D eigenvalue weighted by Gasteiger charge is 2.06. The van der Waals surface area contributed by atoms with Gasteiger partial charge in [-0.05, 0) is 38.5 Å². The summed E-state index contributed by atoms with van der Waals surface area (Å²) in [5, 5.41) is 10.2. The first-order valence-electron chi connectivity index (χ1n) is 17.6. The molecule has 0 aliphatic heterocycles. The molecule has 0 aliphatic rings. The van der Waals surface area contributed by atoms with Crippen LogP contribution in [0.2, 0.25) is 0 Å². The second-order valence-corrected chi connectivity index (χ2v) is 12.0. The summed E-state index contributed by atoms with van der Waals surface area (Å²) < 4.78 is 10.7. The van der Waals surface area contributed by atoms with Crippen LogP contribution in [0.25, 0.3) is 0 Å². The maximum Gasteiger partial charge on any atom is 0.305 e. The highest BCUT2D eigenvalue weighted by molar-refractivity contribution is 5.69. The van der Waals surface area contributed by atoms with Gasteiger partial charge in [-0.1, -0.05) is 142 Å². The molecule has 0 amide bonds. The lowest BCUT2D eigenvalue weighted by Crippen LogP contribution is -2.06. The van der Waals surface area contributed by atoms with Gasteiger partial charge in [0.05, 0.1) is 19.3 Å². The van der Waals surface area contributed by atoms with Gasteiger partial charge >= 0.3 is 11.9 Å². The summed E-state index contributed by atoms with van der Waals surface area (Å²) in [5.74, 6) is -0.0831. The van der Waals surface area contributed by atoms with Crippen molar-refractivity contribution in [3.8, 4) is 0 Å². The number of unbranched alkanes of at least 4 members (excludes halogenated alkanes) is 20. The number of hydrogen-bond donors (Lipinski definition) is 1. The van der Waals surface area contributed by atoms with Gasteiger partial charge in [0.1, 0.15) is 0 Å². The van der Waals surface area contributed by atoms with Crippen LogP contribution in [-0.4, -0.2) is 36.4 Å². The Hall–Kier alpha value is -1.10. The van der Waals surface area contributed by atoms with E-state index in [0.29, 0.717) is 26.1 Å².